The minimum Gasteiger partial charge on any atom is -0.296 e. The van der Waals surface area contributed by atoms with E-state index in [0.717, 1.165) is 35.1 Å². The van der Waals surface area contributed by atoms with Crippen LogP contribution in [-0.2, 0) is 12.8 Å². The molecule has 0 radical (unpaired) electrons. The highest BCUT2D eigenvalue weighted by Gasteiger charge is 2.16. The van der Waals surface area contributed by atoms with Gasteiger partial charge >= 0.3 is 0 Å². The lowest BCUT2D eigenvalue weighted by atomic mass is 10.2. The molecule has 0 saturated heterocycles. The van der Waals surface area contributed by atoms with Gasteiger partial charge in [-0.2, -0.15) is 0 Å². The molecule has 0 fully saturated rings. The van der Waals surface area contributed by atoms with Crippen molar-refractivity contribution < 1.29 is 4.79 Å². The van der Waals surface area contributed by atoms with Crippen molar-refractivity contribution in [3.8, 4) is 0 Å². The highest BCUT2D eigenvalue weighted by Crippen LogP contribution is 2.20. The summed E-state index contributed by atoms with van der Waals surface area (Å²) >= 11 is 2.54. The number of hydrogen-bond acceptors (Lipinski definition) is 7. The molecule has 108 valence electrons. The van der Waals surface area contributed by atoms with Crippen molar-refractivity contribution in [2.75, 3.05) is 5.32 Å². The highest BCUT2D eigenvalue weighted by atomic mass is 32.1. The second kappa shape index (κ2) is 7.39. The number of amides is 1. The van der Waals surface area contributed by atoms with Crippen LogP contribution in [0.15, 0.2) is 0 Å². The van der Waals surface area contributed by atoms with E-state index < -0.39 is 0 Å². The monoisotopic (exact) mass is 311 g/mol. The third-order valence-electron chi connectivity index (χ3n) is 2.78. The molecule has 0 aromatic carbocycles. The van der Waals surface area contributed by atoms with Gasteiger partial charge in [-0.3, -0.25) is 10.1 Å². The minimum atomic E-state index is -0.201. The molecule has 6 nitrogen and oxygen atoms in total. The maximum Gasteiger partial charge on any atom is 0.271 e. The van der Waals surface area contributed by atoms with Crippen LogP contribution in [0.2, 0.25) is 0 Å². The molecule has 0 aliphatic heterocycles. The van der Waals surface area contributed by atoms with E-state index in [2.05, 4.69) is 32.0 Å². The number of nitrogens with one attached hydrogen (secondary N) is 1. The van der Waals surface area contributed by atoms with Gasteiger partial charge in [0, 0.05) is 6.42 Å². The lowest BCUT2D eigenvalue weighted by Crippen LogP contribution is -2.12. The molecule has 0 unspecified atom stereocenters. The van der Waals surface area contributed by atoms with Crippen molar-refractivity contribution in [3.63, 3.8) is 0 Å². The quantitative estimate of drug-likeness (QED) is 0.795. The summed E-state index contributed by atoms with van der Waals surface area (Å²) in [4.78, 5) is 12.6. The zero-order valence-corrected chi connectivity index (χ0v) is 13.2. The van der Waals surface area contributed by atoms with E-state index in [1.54, 1.807) is 0 Å². The normalized spacial score (nSPS) is 10.7. The number of aryl methyl sites for hydroxylation is 2. The molecule has 2 aromatic heterocycles. The fourth-order valence-corrected chi connectivity index (χ4v) is 3.12. The Labute approximate surface area is 125 Å². The zero-order chi connectivity index (χ0) is 14.4. The van der Waals surface area contributed by atoms with Crippen LogP contribution in [0, 0.1) is 0 Å². The Hall–Kier alpha value is -1.41. The predicted octanol–water partition coefficient (Wildman–Crippen LogP) is 2.94. The second-order valence-electron chi connectivity index (χ2n) is 4.31. The van der Waals surface area contributed by atoms with Crippen molar-refractivity contribution in [1.29, 1.82) is 0 Å². The standard InChI is InChI=1S/C12H17N5OS2/c1-3-5-6-7-9-15-16-12(19-9)13-11(18)10-8(4-2)14-17-20-10/h3-7H2,1-2H3,(H,13,16,18). The molecule has 0 spiro atoms. The molecule has 1 N–H and O–H groups in total. The number of unbranched alkanes of at least 4 members (excludes halogenated alkanes) is 2. The van der Waals surface area contributed by atoms with Gasteiger partial charge in [-0.15, -0.1) is 15.3 Å². The average Bonchev–Trinajstić information content (AvgIpc) is 3.07. The van der Waals surface area contributed by atoms with Crippen LogP contribution in [0.3, 0.4) is 0 Å². The second-order valence-corrected chi connectivity index (χ2v) is 6.13. The number of carbonyl (C=O) groups excluding carboxylic acids is 1. The topological polar surface area (TPSA) is 80.7 Å². The van der Waals surface area contributed by atoms with Crippen LogP contribution in [0.1, 0.15) is 53.5 Å². The molecule has 0 bridgehead atoms. The Balaban J connectivity index is 1.95. The maximum absolute atomic E-state index is 12.1. The molecule has 8 heteroatoms. The number of carbonyl (C=O) groups is 1. The van der Waals surface area contributed by atoms with Gasteiger partial charge < -0.3 is 0 Å². The Kier molecular flexibility index (Phi) is 5.54. The summed E-state index contributed by atoms with van der Waals surface area (Å²) < 4.78 is 3.81. The molecule has 0 saturated carbocycles. The predicted molar refractivity (Wildman–Crippen MR) is 80.4 cm³/mol. The molecule has 20 heavy (non-hydrogen) atoms. The number of anilines is 1. The Morgan fingerprint density at radius 1 is 1.20 bits per heavy atom. The van der Waals surface area contributed by atoms with Gasteiger partial charge in [0.05, 0.1) is 5.69 Å². The lowest BCUT2D eigenvalue weighted by Gasteiger charge is -1.98. The van der Waals surface area contributed by atoms with Crippen molar-refractivity contribution in [2.45, 2.75) is 46.0 Å². The smallest absolute Gasteiger partial charge is 0.271 e. The Morgan fingerprint density at radius 3 is 2.80 bits per heavy atom. The van der Waals surface area contributed by atoms with Crippen LogP contribution in [0.4, 0.5) is 5.13 Å². The van der Waals surface area contributed by atoms with E-state index in [-0.39, 0.29) is 5.91 Å². The van der Waals surface area contributed by atoms with E-state index in [0.29, 0.717) is 16.4 Å². The first kappa shape index (κ1) is 15.0. The van der Waals surface area contributed by atoms with E-state index in [9.17, 15) is 4.79 Å². The van der Waals surface area contributed by atoms with Gasteiger partial charge in [-0.1, -0.05) is 42.5 Å². The largest absolute Gasteiger partial charge is 0.296 e. The van der Waals surface area contributed by atoms with Crippen molar-refractivity contribution in [2.24, 2.45) is 0 Å². The summed E-state index contributed by atoms with van der Waals surface area (Å²) in [6, 6.07) is 0. The van der Waals surface area contributed by atoms with E-state index in [1.807, 2.05) is 6.92 Å². The van der Waals surface area contributed by atoms with Gasteiger partial charge in [0.1, 0.15) is 9.88 Å². The maximum atomic E-state index is 12.1. The first-order valence-electron chi connectivity index (χ1n) is 6.69. The summed E-state index contributed by atoms with van der Waals surface area (Å²) in [6.45, 7) is 4.12. The van der Waals surface area contributed by atoms with E-state index in [1.165, 1.54) is 24.2 Å². The molecule has 2 heterocycles. The average molecular weight is 311 g/mol. The number of aromatic nitrogens is 4. The summed E-state index contributed by atoms with van der Waals surface area (Å²) in [5, 5.41) is 16.3. The van der Waals surface area contributed by atoms with E-state index in [4.69, 9.17) is 0 Å². The molecule has 1 amide bonds. The SMILES string of the molecule is CCCCCc1nnc(NC(=O)c2snnc2CC)s1. The Bertz CT molecular complexity index is 566. The number of rotatable bonds is 7. The van der Waals surface area contributed by atoms with Gasteiger partial charge in [-0.25, -0.2) is 0 Å². The molecule has 0 atom stereocenters. The van der Waals surface area contributed by atoms with Gasteiger partial charge in [0.2, 0.25) is 5.13 Å². The first-order chi connectivity index (χ1) is 9.74. The summed E-state index contributed by atoms with van der Waals surface area (Å²) in [6.07, 6.45) is 5.09. The van der Waals surface area contributed by atoms with Crippen LogP contribution in [0.5, 0.6) is 0 Å². The van der Waals surface area contributed by atoms with Crippen LogP contribution < -0.4 is 5.32 Å². The van der Waals surface area contributed by atoms with Gasteiger partial charge in [-0.05, 0) is 24.4 Å². The molecule has 0 aliphatic rings. The van der Waals surface area contributed by atoms with Crippen molar-refractivity contribution in [3.05, 3.63) is 15.6 Å². The fraction of sp³-hybridized carbons (Fsp3) is 0.583. The van der Waals surface area contributed by atoms with Crippen molar-refractivity contribution >= 4 is 33.9 Å². The Morgan fingerprint density at radius 2 is 2.05 bits per heavy atom. The number of nitrogens with zero attached hydrogens (tertiary/aromatic N) is 4. The van der Waals surface area contributed by atoms with Crippen LogP contribution >= 0.6 is 22.9 Å². The molecular formula is C12H17N5OS2. The lowest BCUT2D eigenvalue weighted by molar-refractivity contribution is 0.102. The molecule has 2 aromatic rings. The zero-order valence-electron chi connectivity index (χ0n) is 11.5. The summed E-state index contributed by atoms with van der Waals surface area (Å²) in [7, 11) is 0. The van der Waals surface area contributed by atoms with E-state index >= 15 is 0 Å². The number of hydrogen-bond donors (Lipinski definition) is 1. The highest BCUT2D eigenvalue weighted by molar-refractivity contribution is 7.15. The van der Waals surface area contributed by atoms with Gasteiger partial charge in [0.15, 0.2) is 0 Å². The first-order valence-corrected chi connectivity index (χ1v) is 8.28. The fourth-order valence-electron chi connectivity index (χ4n) is 1.70. The molecular weight excluding hydrogens is 294 g/mol. The van der Waals surface area contributed by atoms with Crippen LogP contribution in [-0.4, -0.2) is 25.7 Å². The molecule has 0 aliphatic carbocycles. The third-order valence-corrected chi connectivity index (χ3v) is 4.44. The van der Waals surface area contributed by atoms with Gasteiger partial charge in [0.25, 0.3) is 5.91 Å². The summed E-state index contributed by atoms with van der Waals surface area (Å²) in [5.74, 6) is -0.201. The minimum absolute atomic E-state index is 0.201. The van der Waals surface area contributed by atoms with Crippen LogP contribution in [0.25, 0.3) is 0 Å². The van der Waals surface area contributed by atoms with Crippen molar-refractivity contribution in [1.82, 2.24) is 19.8 Å². The third kappa shape index (κ3) is 3.80. The molecule has 2 rings (SSSR count). The summed E-state index contributed by atoms with van der Waals surface area (Å²) in [5.41, 5.74) is 0.722.